The minimum Gasteiger partial charge on any atom is -0.344 e. The van der Waals surface area contributed by atoms with Crippen LogP contribution in [0.15, 0.2) is 30.5 Å². The van der Waals surface area contributed by atoms with Crippen molar-refractivity contribution in [3.8, 4) is 0 Å². The van der Waals surface area contributed by atoms with Gasteiger partial charge in [0, 0.05) is 17.8 Å². The number of nitrogens with zero attached hydrogens (tertiary/aromatic N) is 1. The first-order chi connectivity index (χ1) is 8.24. The van der Waals surface area contributed by atoms with Crippen LogP contribution in [-0.2, 0) is 0 Å². The molecule has 1 fully saturated rings. The van der Waals surface area contributed by atoms with Crippen molar-refractivity contribution in [1.29, 1.82) is 0 Å². The van der Waals surface area contributed by atoms with Gasteiger partial charge in [0.1, 0.15) is 0 Å². The fourth-order valence-electron chi connectivity index (χ4n) is 3.23. The first-order valence-electron chi connectivity index (χ1n) is 6.81. The minimum atomic E-state index is 0.720. The predicted molar refractivity (Wildman–Crippen MR) is 73.3 cm³/mol. The molecule has 1 heterocycles. The van der Waals surface area contributed by atoms with E-state index < -0.39 is 0 Å². The van der Waals surface area contributed by atoms with Crippen molar-refractivity contribution in [2.75, 3.05) is 0 Å². The molecule has 0 aliphatic heterocycles. The highest BCUT2D eigenvalue weighted by molar-refractivity contribution is 5.80. The number of aromatic nitrogens is 1. The number of rotatable bonds is 1. The van der Waals surface area contributed by atoms with E-state index in [2.05, 4.69) is 48.9 Å². The summed E-state index contributed by atoms with van der Waals surface area (Å²) in [6, 6.07) is 9.75. The zero-order chi connectivity index (χ0) is 11.8. The second kappa shape index (κ2) is 4.21. The van der Waals surface area contributed by atoms with E-state index >= 15 is 0 Å². The summed E-state index contributed by atoms with van der Waals surface area (Å²) in [5, 5.41) is 1.38. The zero-order valence-electron chi connectivity index (χ0n) is 10.8. The SMILES string of the molecule is Cc1ccc2ccn(C3CCCC(C)C3)c2c1. The van der Waals surface area contributed by atoms with E-state index in [1.165, 1.54) is 42.1 Å². The number of benzene rings is 1. The Kier molecular flexibility index (Phi) is 2.70. The standard InChI is InChI=1S/C16H21N/c1-12-4-3-5-15(10-12)17-9-8-14-7-6-13(2)11-16(14)17/h6-9,11-12,15H,3-5,10H2,1-2H3. The molecule has 2 aromatic rings. The summed E-state index contributed by atoms with van der Waals surface area (Å²) in [6.45, 7) is 4.57. The number of hydrogen-bond acceptors (Lipinski definition) is 0. The van der Waals surface area contributed by atoms with Gasteiger partial charge in [-0.25, -0.2) is 0 Å². The molecule has 2 unspecified atom stereocenters. The van der Waals surface area contributed by atoms with Crippen LogP contribution in [0.3, 0.4) is 0 Å². The fourth-order valence-corrected chi connectivity index (χ4v) is 3.23. The van der Waals surface area contributed by atoms with Crippen LogP contribution in [0, 0.1) is 12.8 Å². The Labute approximate surface area is 103 Å². The van der Waals surface area contributed by atoms with Gasteiger partial charge in [-0.05, 0) is 48.8 Å². The third-order valence-corrected chi connectivity index (χ3v) is 4.18. The molecule has 17 heavy (non-hydrogen) atoms. The molecule has 3 rings (SSSR count). The molecule has 1 aromatic carbocycles. The summed E-state index contributed by atoms with van der Waals surface area (Å²) in [5.74, 6) is 0.885. The maximum atomic E-state index is 2.51. The summed E-state index contributed by atoms with van der Waals surface area (Å²) in [7, 11) is 0. The summed E-state index contributed by atoms with van der Waals surface area (Å²) in [4.78, 5) is 0. The van der Waals surface area contributed by atoms with E-state index in [-0.39, 0.29) is 0 Å². The second-order valence-corrected chi connectivity index (χ2v) is 5.71. The van der Waals surface area contributed by atoms with Crippen LogP contribution < -0.4 is 0 Å². The van der Waals surface area contributed by atoms with E-state index in [0.29, 0.717) is 0 Å². The molecule has 0 spiro atoms. The quantitative estimate of drug-likeness (QED) is 0.665. The molecule has 0 amide bonds. The van der Waals surface area contributed by atoms with Gasteiger partial charge in [-0.15, -0.1) is 0 Å². The molecule has 1 saturated carbocycles. The normalized spacial score (nSPS) is 25.3. The summed E-state index contributed by atoms with van der Waals surface area (Å²) in [6.07, 6.45) is 7.78. The maximum absolute atomic E-state index is 2.51. The largest absolute Gasteiger partial charge is 0.344 e. The molecule has 1 nitrogen and oxygen atoms in total. The van der Waals surface area contributed by atoms with Gasteiger partial charge in [-0.3, -0.25) is 0 Å². The molecule has 0 bridgehead atoms. The topological polar surface area (TPSA) is 4.93 Å². The first kappa shape index (κ1) is 10.9. The van der Waals surface area contributed by atoms with Gasteiger partial charge >= 0.3 is 0 Å². The van der Waals surface area contributed by atoms with Crippen LogP contribution in [-0.4, -0.2) is 4.57 Å². The fraction of sp³-hybridized carbons (Fsp3) is 0.500. The third-order valence-electron chi connectivity index (χ3n) is 4.18. The molecule has 0 N–H and O–H groups in total. The first-order valence-corrected chi connectivity index (χ1v) is 6.81. The van der Waals surface area contributed by atoms with Gasteiger partial charge in [0.2, 0.25) is 0 Å². The van der Waals surface area contributed by atoms with Gasteiger partial charge in [0.25, 0.3) is 0 Å². The Bertz CT molecular complexity index is 523. The third kappa shape index (κ3) is 1.99. The molecule has 1 aliphatic carbocycles. The smallest absolute Gasteiger partial charge is 0.0485 e. The van der Waals surface area contributed by atoms with Crippen LogP contribution in [0.5, 0.6) is 0 Å². The van der Waals surface area contributed by atoms with Crippen LogP contribution in [0.2, 0.25) is 0 Å². The lowest BCUT2D eigenvalue weighted by molar-refractivity contribution is 0.287. The highest BCUT2D eigenvalue weighted by Gasteiger charge is 2.20. The van der Waals surface area contributed by atoms with Gasteiger partial charge in [-0.2, -0.15) is 0 Å². The van der Waals surface area contributed by atoms with Gasteiger partial charge in [0.15, 0.2) is 0 Å². The molecule has 0 radical (unpaired) electrons. The Balaban J connectivity index is 2.01. The van der Waals surface area contributed by atoms with Crippen molar-refractivity contribution in [3.63, 3.8) is 0 Å². The van der Waals surface area contributed by atoms with E-state index in [4.69, 9.17) is 0 Å². The highest BCUT2D eigenvalue weighted by atomic mass is 15.0. The summed E-state index contributed by atoms with van der Waals surface area (Å²) < 4.78 is 2.51. The maximum Gasteiger partial charge on any atom is 0.0485 e. The van der Waals surface area contributed by atoms with Gasteiger partial charge < -0.3 is 4.57 Å². The molecule has 1 aliphatic rings. The average Bonchev–Trinajstić information content (AvgIpc) is 2.71. The van der Waals surface area contributed by atoms with Crippen LogP contribution in [0.4, 0.5) is 0 Å². The Hall–Kier alpha value is -1.24. The number of hydrogen-bond donors (Lipinski definition) is 0. The number of fused-ring (bicyclic) bond motifs is 1. The van der Waals surface area contributed by atoms with Crippen LogP contribution in [0.25, 0.3) is 10.9 Å². The van der Waals surface area contributed by atoms with Crippen molar-refractivity contribution in [2.45, 2.75) is 45.6 Å². The van der Waals surface area contributed by atoms with E-state index in [1.807, 2.05) is 0 Å². The molecule has 1 heteroatoms. The lowest BCUT2D eigenvalue weighted by atomic mass is 9.87. The van der Waals surface area contributed by atoms with Crippen molar-refractivity contribution in [1.82, 2.24) is 4.57 Å². The molecule has 0 saturated heterocycles. The van der Waals surface area contributed by atoms with Crippen LogP contribution >= 0.6 is 0 Å². The van der Waals surface area contributed by atoms with E-state index in [0.717, 1.165) is 12.0 Å². The molecule has 2 atom stereocenters. The van der Waals surface area contributed by atoms with Crippen molar-refractivity contribution in [3.05, 3.63) is 36.0 Å². The monoisotopic (exact) mass is 227 g/mol. The van der Waals surface area contributed by atoms with Gasteiger partial charge in [-0.1, -0.05) is 31.9 Å². The Morgan fingerprint density at radius 1 is 1.18 bits per heavy atom. The predicted octanol–water partition coefficient (Wildman–Crippen LogP) is 4.70. The molecular weight excluding hydrogens is 206 g/mol. The highest BCUT2D eigenvalue weighted by Crippen LogP contribution is 2.34. The summed E-state index contributed by atoms with van der Waals surface area (Å²) in [5.41, 5.74) is 2.78. The summed E-state index contributed by atoms with van der Waals surface area (Å²) >= 11 is 0. The zero-order valence-corrected chi connectivity index (χ0v) is 10.8. The minimum absolute atomic E-state index is 0.720. The molecule has 90 valence electrons. The van der Waals surface area contributed by atoms with Crippen LogP contribution in [0.1, 0.15) is 44.2 Å². The van der Waals surface area contributed by atoms with Crippen molar-refractivity contribution >= 4 is 10.9 Å². The average molecular weight is 227 g/mol. The molecule has 1 aromatic heterocycles. The van der Waals surface area contributed by atoms with E-state index in [1.54, 1.807) is 0 Å². The van der Waals surface area contributed by atoms with Gasteiger partial charge in [0.05, 0.1) is 0 Å². The Morgan fingerprint density at radius 3 is 2.88 bits per heavy atom. The Morgan fingerprint density at radius 2 is 2.06 bits per heavy atom. The van der Waals surface area contributed by atoms with E-state index in [9.17, 15) is 0 Å². The molecular formula is C16H21N. The lowest BCUT2D eigenvalue weighted by Gasteiger charge is -2.28. The number of aryl methyl sites for hydroxylation is 1. The second-order valence-electron chi connectivity index (χ2n) is 5.71. The van der Waals surface area contributed by atoms with Crippen molar-refractivity contribution in [2.24, 2.45) is 5.92 Å². The lowest BCUT2D eigenvalue weighted by Crippen LogP contribution is -2.16. The van der Waals surface area contributed by atoms with Crippen molar-refractivity contribution < 1.29 is 0 Å².